The van der Waals surface area contributed by atoms with E-state index in [2.05, 4.69) is 10.1 Å². The second-order valence-electron chi connectivity index (χ2n) is 7.49. The smallest absolute Gasteiger partial charge is 0.318 e. The molecular formula is C21H21Cl2N5O2S. The number of Topliss-reactive ketones (excluding diaryl/α,β-unsaturated/α-hetero) is 1. The molecule has 4 rings (SSSR count). The highest BCUT2D eigenvalue weighted by Crippen LogP contribution is 2.31. The minimum absolute atomic E-state index is 0.0298. The second-order valence-corrected chi connectivity index (χ2v) is 9.34. The summed E-state index contributed by atoms with van der Waals surface area (Å²) in [5.74, 6) is 0.0298. The SMILES string of the molecule is Cc1nc(N2CCN(Cc3cc(Cl)cc(Cl)c3)C2=O)sc1C(=O)CCc1cnn(C)c1. The molecule has 0 bridgehead atoms. The van der Waals surface area contributed by atoms with Crippen LogP contribution in [0.4, 0.5) is 9.93 Å². The molecule has 0 saturated carbocycles. The number of halogens is 2. The number of ketones is 1. The molecule has 0 radical (unpaired) electrons. The van der Waals surface area contributed by atoms with Crippen LogP contribution in [0.5, 0.6) is 0 Å². The number of amides is 2. The van der Waals surface area contributed by atoms with E-state index in [1.165, 1.54) is 11.3 Å². The van der Waals surface area contributed by atoms with E-state index in [1.807, 2.05) is 20.2 Å². The molecule has 1 aliphatic heterocycles. The number of thiazole rings is 1. The maximum absolute atomic E-state index is 12.9. The third kappa shape index (κ3) is 4.92. The summed E-state index contributed by atoms with van der Waals surface area (Å²) in [7, 11) is 1.85. The van der Waals surface area contributed by atoms with Crippen LogP contribution in [0.3, 0.4) is 0 Å². The molecule has 0 aliphatic carbocycles. The van der Waals surface area contributed by atoms with E-state index in [0.717, 1.165) is 11.1 Å². The van der Waals surface area contributed by atoms with E-state index in [1.54, 1.807) is 38.9 Å². The quantitative estimate of drug-likeness (QED) is 0.460. The maximum atomic E-state index is 12.9. The van der Waals surface area contributed by atoms with Crippen LogP contribution in [0.15, 0.2) is 30.6 Å². The number of hydrogen-bond acceptors (Lipinski definition) is 5. The van der Waals surface area contributed by atoms with E-state index in [9.17, 15) is 9.59 Å². The predicted octanol–water partition coefficient (Wildman–Crippen LogP) is 4.75. The lowest BCUT2D eigenvalue weighted by molar-refractivity contribution is 0.0986. The summed E-state index contributed by atoms with van der Waals surface area (Å²) in [6.45, 7) is 3.30. The van der Waals surface area contributed by atoms with Crippen molar-refractivity contribution in [2.24, 2.45) is 7.05 Å². The summed E-state index contributed by atoms with van der Waals surface area (Å²) in [4.78, 5) is 34.1. The number of rotatable bonds is 7. The van der Waals surface area contributed by atoms with Gasteiger partial charge in [-0.3, -0.25) is 14.4 Å². The van der Waals surface area contributed by atoms with Gasteiger partial charge in [-0.05, 0) is 42.7 Å². The zero-order chi connectivity index (χ0) is 22.1. The molecule has 0 atom stereocenters. The summed E-state index contributed by atoms with van der Waals surface area (Å²) in [5, 5.41) is 5.76. The van der Waals surface area contributed by atoms with Gasteiger partial charge in [-0.15, -0.1) is 0 Å². The first-order valence-electron chi connectivity index (χ1n) is 9.79. The molecule has 1 aliphatic rings. The molecule has 10 heteroatoms. The summed E-state index contributed by atoms with van der Waals surface area (Å²) in [5.41, 5.74) is 2.54. The average Bonchev–Trinajstić information content (AvgIpc) is 3.39. The third-order valence-electron chi connectivity index (χ3n) is 5.06. The third-order valence-corrected chi connectivity index (χ3v) is 6.72. The van der Waals surface area contributed by atoms with Crippen molar-refractivity contribution < 1.29 is 9.59 Å². The van der Waals surface area contributed by atoms with Crippen molar-refractivity contribution in [1.29, 1.82) is 0 Å². The van der Waals surface area contributed by atoms with Gasteiger partial charge in [0.2, 0.25) is 0 Å². The number of aryl methyl sites for hydroxylation is 3. The van der Waals surface area contributed by atoms with Crippen molar-refractivity contribution >= 4 is 51.5 Å². The first-order chi connectivity index (χ1) is 14.8. The zero-order valence-corrected chi connectivity index (χ0v) is 19.5. The van der Waals surface area contributed by atoms with Crippen LogP contribution in [0, 0.1) is 6.92 Å². The monoisotopic (exact) mass is 477 g/mol. The van der Waals surface area contributed by atoms with Crippen molar-refractivity contribution in [3.63, 3.8) is 0 Å². The number of anilines is 1. The molecule has 0 N–H and O–H groups in total. The molecule has 2 amide bonds. The van der Waals surface area contributed by atoms with Gasteiger partial charge in [0.1, 0.15) is 0 Å². The fourth-order valence-electron chi connectivity index (χ4n) is 3.56. The second kappa shape index (κ2) is 8.98. The number of carbonyl (C=O) groups excluding carboxylic acids is 2. The normalized spacial score (nSPS) is 14.0. The molecule has 1 aromatic carbocycles. The van der Waals surface area contributed by atoms with Gasteiger partial charge in [0.05, 0.1) is 16.8 Å². The van der Waals surface area contributed by atoms with Crippen LogP contribution in [0.2, 0.25) is 10.0 Å². The molecular weight excluding hydrogens is 457 g/mol. The molecule has 3 heterocycles. The summed E-state index contributed by atoms with van der Waals surface area (Å²) < 4.78 is 1.72. The number of hydrogen-bond donors (Lipinski definition) is 0. The van der Waals surface area contributed by atoms with Gasteiger partial charge >= 0.3 is 6.03 Å². The van der Waals surface area contributed by atoms with Crippen LogP contribution in [0.25, 0.3) is 0 Å². The largest absolute Gasteiger partial charge is 0.326 e. The number of urea groups is 1. The lowest BCUT2D eigenvalue weighted by Crippen LogP contribution is -2.31. The first-order valence-corrected chi connectivity index (χ1v) is 11.4. The highest BCUT2D eigenvalue weighted by atomic mass is 35.5. The minimum Gasteiger partial charge on any atom is -0.318 e. The Labute approximate surface area is 194 Å². The van der Waals surface area contributed by atoms with Crippen LogP contribution in [0.1, 0.15) is 32.9 Å². The van der Waals surface area contributed by atoms with Gasteiger partial charge in [0.25, 0.3) is 0 Å². The minimum atomic E-state index is -0.140. The number of aromatic nitrogens is 3. The number of carbonyl (C=O) groups is 2. The van der Waals surface area contributed by atoms with Crippen LogP contribution in [-0.2, 0) is 20.0 Å². The Kier molecular flexibility index (Phi) is 6.31. The Balaban J connectivity index is 1.43. The van der Waals surface area contributed by atoms with Gasteiger partial charge < -0.3 is 4.90 Å². The Morgan fingerprint density at radius 3 is 2.58 bits per heavy atom. The van der Waals surface area contributed by atoms with Crippen molar-refractivity contribution in [2.75, 3.05) is 18.0 Å². The van der Waals surface area contributed by atoms with Gasteiger partial charge in [-0.2, -0.15) is 5.10 Å². The van der Waals surface area contributed by atoms with Gasteiger partial charge in [0, 0.05) is 49.3 Å². The molecule has 7 nitrogen and oxygen atoms in total. The molecule has 0 spiro atoms. The van der Waals surface area contributed by atoms with Crippen molar-refractivity contribution in [2.45, 2.75) is 26.3 Å². The maximum Gasteiger partial charge on any atom is 0.326 e. The molecule has 162 valence electrons. The highest BCUT2D eigenvalue weighted by molar-refractivity contribution is 7.17. The van der Waals surface area contributed by atoms with E-state index < -0.39 is 0 Å². The Hall–Kier alpha value is -2.42. The molecule has 2 aromatic heterocycles. The highest BCUT2D eigenvalue weighted by Gasteiger charge is 2.32. The van der Waals surface area contributed by atoms with Gasteiger partial charge in [-0.1, -0.05) is 34.5 Å². The standard InChI is InChI=1S/C21H21Cl2N5O2S/c1-13-19(18(29)4-3-14-10-24-26(2)11-14)31-20(25-13)28-6-5-27(21(28)30)12-15-7-16(22)9-17(23)8-15/h7-11H,3-6,12H2,1-2H3. The first kappa shape index (κ1) is 21.8. The van der Waals surface area contributed by atoms with Gasteiger partial charge in [0.15, 0.2) is 10.9 Å². The predicted molar refractivity (Wildman–Crippen MR) is 122 cm³/mol. The lowest BCUT2D eigenvalue weighted by atomic mass is 10.1. The van der Waals surface area contributed by atoms with E-state index in [4.69, 9.17) is 23.2 Å². The Morgan fingerprint density at radius 1 is 1.16 bits per heavy atom. The van der Waals surface area contributed by atoms with Crippen LogP contribution >= 0.6 is 34.5 Å². The van der Waals surface area contributed by atoms with Gasteiger partial charge in [-0.25, -0.2) is 9.78 Å². The Bertz CT molecular complexity index is 1120. The van der Waals surface area contributed by atoms with Crippen LogP contribution in [-0.4, -0.2) is 44.6 Å². The molecule has 1 fully saturated rings. The van der Waals surface area contributed by atoms with Crippen LogP contribution < -0.4 is 4.90 Å². The van der Waals surface area contributed by atoms with E-state index in [-0.39, 0.29) is 11.8 Å². The molecule has 31 heavy (non-hydrogen) atoms. The van der Waals surface area contributed by atoms with Crippen molar-refractivity contribution in [1.82, 2.24) is 19.7 Å². The molecule has 3 aromatic rings. The fraction of sp³-hybridized carbons (Fsp3) is 0.333. The fourth-order valence-corrected chi connectivity index (χ4v) is 5.18. The average molecular weight is 478 g/mol. The number of nitrogens with zero attached hydrogens (tertiary/aromatic N) is 5. The van der Waals surface area contributed by atoms with Crippen molar-refractivity contribution in [3.05, 3.63) is 62.3 Å². The Morgan fingerprint density at radius 2 is 1.90 bits per heavy atom. The summed E-state index contributed by atoms with van der Waals surface area (Å²) in [6, 6.07) is 5.13. The molecule has 0 unspecified atom stereocenters. The summed E-state index contributed by atoms with van der Waals surface area (Å²) >= 11 is 13.4. The number of benzene rings is 1. The zero-order valence-electron chi connectivity index (χ0n) is 17.1. The van der Waals surface area contributed by atoms with E-state index in [0.29, 0.717) is 58.2 Å². The molecule has 1 saturated heterocycles. The van der Waals surface area contributed by atoms with E-state index >= 15 is 0 Å². The summed E-state index contributed by atoms with van der Waals surface area (Å²) in [6.07, 6.45) is 4.67. The topological polar surface area (TPSA) is 71.3 Å². The lowest BCUT2D eigenvalue weighted by Gasteiger charge is -2.17. The van der Waals surface area contributed by atoms with Crippen molar-refractivity contribution in [3.8, 4) is 0 Å².